The van der Waals surface area contributed by atoms with Gasteiger partial charge in [0.2, 0.25) is 5.91 Å². The van der Waals surface area contributed by atoms with E-state index in [9.17, 15) is 21.9 Å². The molecule has 1 rings (SSSR count). The van der Waals surface area contributed by atoms with Crippen LogP contribution in [0.4, 0.5) is 3.89 Å². The molecule has 6 nitrogen and oxygen atoms in total. The molecule has 0 fully saturated rings. The largest absolute Gasteiger partial charge is 0.478 e. The highest BCUT2D eigenvalue weighted by molar-refractivity contribution is 7.86. The molecule has 16 heavy (non-hydrogen) atoms. The van der Waals surface area contributed by atoms with Crippen molar-refractivity contribution >= 4 is 22.1 Å². The summed E-state index contributed by atoms with van der Waals surface area (Å²) in [5.41, 5.74) is 3.92. The van der Waals surface area contributed by atoms with Crippen molar-refractivity contribution in [3.63, 3.8) is 0 Å². The first-order valence-corrected chi connectivity index (χ1v) is 5.23. The van der Waals surface area contributed by atoms with Crippen LogP contribution >= 0.6 is 0 Å². The van der Waals surface area contributed by atoms with E-state index < -0.39 is 38.1 Å². The van der Waals surface area contributed by atoms with Crippen LogP contribution in [0.1, 0.15) is 20.7 Å². The lowest BCUT2D eigenvalue weighted by atomic mass is 10.1. The third-order valence-electron chi connectivity index (χ3n) is 1.72. The molecule has 1 amide bonds. The third-order valence-corrected chi connectivity index (χ3v) is 2.52. The second-order valence-corrected chi connectivity index (χ2v) is 4.20. The minimum Gasteiger partial charge on any atom is -0.478 e. The minimum atomic E-state index is -5.09. The first kappa shape index (κ1) is 12.1. The molecule has 0 aliphatic carbocycles. The number of carboxylic acids is 1. The van der Waals surface area contributed by atoms with Gasteiger partial charge in [0.25, 0.3) is 0 Å². The van der Waals surface area contributed by atoms with E-state index >= 15 is 0 Å². The molecule has 8 heteroatoms. The molecular formula is C8H6FNO5S. The van der Waals surface area contributed by atoms with E-state index in [1.165, 1.54) is 0 Å². The number of rotatable bonds is 3. The molecule has 0 bridgehead atoms. The second kappa shape index (κ2) is 3.89. The molecule has 0 aliphatic rings. The van der Waals surface area contributed by atoms with Crippen LogP contribution in [-0.2, 0) is 10.2 Å². The van der Waals surface area contributed by atoms with Gasteiger partial charge in [-0.15, -0.1) is 3.89 Å². The number of benzene rings is 1. The van der Waals surface area contributed by atoms with E-state index in [0.717, 1.165) is 6.07 Å². The standard InChI is InChI=1S/C8H6FNO5S/c9-16(14,15)6-2-4(7(10)11)1-5(3-6)8(12)13/h1-3H,(H2,10,11)(H,12,13). The zero-order valence-corrected chi connectivity index (χ0v) is 8.49. The molecule has 0 heterocycles. The molecule has 0 aliphatic heterocycles. The highest BCUT2D eigenvalue weighted by Crippen LogP contribution is 2.17. The predicted octanol–water partition coefficient (Wildman–Crippen LogP) is 0.142. The Bertz CT molecular complexity index is 534. The number of carbonyl (C=O) groups excluding carboxylic acids is 1. The molecule has 0 unspecified atom stereocenters. The van der Waals surface area contributed by atoms with E-state index in [2.05, 4.69) is 0 Å². The quantitative estimate of drug-likeness (QED) is 0.737. The van der Waals surface area contributed by atoms with Crippen molar-refractivity contribution in [1.29, 1.82) is 0 Å². The topological polar surface area (TPSA) is 115 Å². The maximum Gasteiger partial charge on any atom is 0.335 e. The Kier molecular flexibility index (Phi) is 2.95. The van der Waals surface area contributed by atoms with E-state index in [4.69, 9.17) is 10.8 Å². The van der Waals surface area contributed by atoms with Crippen LogP contribution in [0.3, 0.4) is 0 Å². The number of hydrogen-bond acceptors (Lipinski definition) is 4. The van der Waals surface area contributed by atoms with Crippen LogP contribution in [0.15, 0.2) is 23.1 Å². The molecule has 1 aromatic carbocycles. The summed E-state index contributed by atoms with van der Waals surface area (Å²) in [7, 11) is -5.09. The number of nitrogens with two attached hydrogens (primary N) is 1. The summed E-state index contributed by atoms with van der Waals surface area (Å²) in [4.78, 5) is 20.4. The number of primary amides is 1. The number of carbonyl (C=O) groups is 2. The van der Waals surface area contributed by atoms with Gasteiger partial charge in [-0.3, -0.25) is 4.79 Å². The molecule has 0 aromatic heterocycles. The Morgan fingerprint density at radius 3 is 2.06 bits per heavy atom. The summed E-state index contributed by atoms with van der Waals surface area (Å²) >= 11 is 0. The van der Waals surface area contributed by atoms with Gasteiger partial charge >= 0.3 is 16.2 Å². The van der Waals surface area contributed by atoms with Gasteiger partial charge in [-0.05, 0) is 18.2 Å². The molecular weight excluding hydrogens is 241 g/mol. The molecule has 86 valence electrons. The molecule has 0 radical (unpaired) electrons. The van der Waals surface area contributed by atoms with Gasteiger partial charge in [-0.1, -0.05) is 0 Å². The summed E-state index contributed by atoms with van der Waals surface area (Å²) in [6.07, 6.45) is 0. The zero-order chi connectivity index (χ0) is 12.5. The van der Waals surface area contributed by atoms with Crippen LogP contribution in [-0.4, -0.2) is 25.4 Å². The summed E-state index contributed by atoms with van der Waals surface area (Å²) in [6.45, 7) is 0. The molecule has 0 saturated heterocycles. The van der Waals surface area contributed by atoms with Crippen LogP contribution in [0.5, 0.6) is 0 Å². The fourth-order valence-corrected chi connectivity index (χ4v) is 1.54. The molecule has 1 aromatic rings. The van der Waals surface area contributed by atoms with Gasteiger partial charge in [0, 0.05) is 5.56 Å². The highest BCUT2D eigenvalue weighted by Gasteiger charge is 2.18. The van der Waals surface area contributed by atoms with Crippen molar-refractivity contribution in [3.05, 3.63) is 29.3 Å². The van der Waals surface area contributed by atoms with E-state index in [0.29, 0.717) is 12.1 Å². The summed E-state index contributed by atoms with van der Waals surface area (Å²) in [6, 6.07) is 2.13. The van der Waals surface area contributed by atoms with E-state index in [1.54, 1.807) is 0 Å². The van der Waals surface area contributed by atoms with Gasteiger partial charge in [-0.25, -0.2) is 4.79 Å². The van der Waals surface area contributed by atoms with Crippen molar-refractivity contribution < 1.29 is 27.0 Å². The number of amides is 1. The monoisotopic (exact) mass is 247 g/mol. The summed E-state index contributed by atoms with van der Waals surface area (Å²) < 4.78 is 33.8. The lowest BCUT2D eigenvalue weighted by Gasteiger charge is -2.01. The molecule has 0 atom stereocenters. The lowest BCUT2D eigenvalue weighted by molar-refractivity contribution is 0.0696. The first-order chi connectivity index (χ1) is 7.21. The average Bonchev–Trinajstić information content (AvgIpc) is 2.15. The van der Waals surface area contributed by atoms with Gasteiger partial charge in [-0.2, -0.15) is 8.42 Å². The SMILES string of the molecule is NC(=O)c1cc(C(=O)O)cc(S(=O)(=O)F)c1. The van der Waals surface area contributed by atoms with Crippen LogP contribution in [0.25, 0.3) is 0 Å². The third kappa shape index (κ3) is 2.54. The first-order valence-electron chi connectivity index (χ1n) is 3.84. The van der Waals surface area contributed by atoms with Crippen molar-refractivity contribution in [3.8, 4) is 0 Å². The Labute approximate surface area is 89.7 Å². The highest BCUT2D eigenvalue weighted by atomic mass is 32.3. The second-order valence-electron chi connectivity index (χ2n) is 2.85. The lowest BCUT2D eigenvalue weighted by Crippen LogP contribution is -2.13. The smallest absolute Gasteiger partial charge is 0.335 e. The van der Waals surface area contributed by atoms with Crippen molar-refractivity contribution in [2.24, 2.45) is 5.73 Å². The van der Waals surface area contributed by atoms with Crippen molar-refractivity contribution in [1.82, 2.24) is 0 Å². The minimum absolute atomic E-state index is 0.392. The van der Waals surface area contributed by atoms with Gasteiger partial charge < -0.3 is 10.8 Å². The normalized spacial score (nSPS) is 11.1. The Hall–Kier alpha value is -1.96. The van der Waals surface area contributed by atoms with E-state index in [1.807, 2.05) is 0 Å². The van der Waals surface area contributed by atoms with Crippen LogP contribution in [0.2, 0.25) is 0 Å². The number of aromatic carboxylic acids is 1. The van der Waals surface area contributed by atoms with Crippen molar-refractivity contribution in [2.75, 3.05) is 0 Å². The van der Waals surface area contributed by atoms with Crippen LogP contribution < -0.4 is 5.73 Å². The van der Waals surface area contributed by atoms with Gasteiger partial charge in [0.15, 0.2) is 0 Å². The molecule has 3 N–H and O–H groups in total. The van der Waals surface area contributed by atoms with E-state index in [-0.39, 0.29) is 0 Å². The maximum absolute atomic E-state index is 12.6. The zero-order valence-electron chi connectivity index (χ0n) is 7.68. The fraction of sp³-hybridized carbons (Fsp3) is 0. The van der Waals surface area contributed by atoms with Crippen molar-refractivity contribution in [2.45, 2.75) is 4.90 Å². The average molecular weight is 247 g/mol. The predicted molar refractivity (Wildman–Crippen MR) is 50.2 cm³/mol. The maximum atomic E-state index is 12.6. The molecule has 0 spiro atoms. The van der Waals surface area contributed by atoms with Gasteiger partial charge in [0.05, 0.1) is 5.56 Å². The number of carboxylic acid groups (broad SMARTS) is 1. The number of hydrogen-bond donors (Lipinski definition) is 2. The Morgan fingerprint density at radius 1 is 1.19 bits per heavy atom. The van der Waals surface area contributed by atoms with Crippen LogP contribution in [0, 0.1) is 0 Å². The van der Waals surface area contributed by atoms with Gasteiger partial charge in [0.1, 0.15) is 4.90 Å². The number of halogens is 1. The molecule has 0 saturated carbocycles. The Morgan fingerprint density at radius 2 is 1.69 bits per heavy atom. The fourth-order valence-electron chi connectivity index (χ4n) is 1.01. The summed E-state index contributed by atoms with van der Waals surface area (Å²) in [5.74, 6) is -2.54. The summed E-state index contributed by atoms with van der Waals surface area (Å²) in [5, 5.41) is 8.61. The Balaban J connectivity index is 3.54.